The number of nitrogens with one attached hydrogen (secondary N) is 1. The van der Waals surface area contributed by atoms with Crippen molar-refractivity contribution in [3.05, 3.63) is 72.0 Å². The van der Waals surface area contributed by atoms with Gasteiger partial charge in [-0.2, -0.15) is 0 Å². The van der Waals surface area contributed by atoms with Gasteiger partial charge in [0.1, 0.15) is 11.6 Å². The molecule has 27 heavy (non-hydrogen) atoms. The van der Waals surface area contributed by atoms with Gasteiger partial charge in [-0.15, -0.1) is 0 Å². The number of hydrogen-bond donors (Lipinski definition) is 2. The number of fused-ring (bicyclic) bond motifs is 1. The molecule has 3 aromatic rings. The Bertz CT molecular complexity index is 983. The first kappa shape index (κ1) is 18.4. The minimum atomic E-state index is -0.882. The van der Waals surface area contributed by atoms with Crippen molar-refractivity contribution >= 4 is 28.3 Å². The number of primary amides is 1. The van der Waals surface area contributed by atoms with E-state index < -0.39 is 11.7 Å². The van der Waals surface area contributed by atoms with E-state index >= 15 is 0 Å². The summed E-state index contributed by atoms with van der Waals surface area (Å²) in [5.74, 6) is -1.08. The monoisotopic (exact) mass is 366 g/mol. The Balaban J connectivity index is 1.51. The van der Waals surface area contributed by atoms with Crippen LogP contribution in [0.4, 0.5) is 10.1 Å². The number of halogens is 1. The van der Waals surface area contributed by atoms with Crippen molar-refractivity contribution < 1.29 is 18.7 Å². The van der Waals surface area contributed by atoms with Crippen molar-refractivity contribution in [3.8, 4) is 5.75 Å². The van der Waals surface area contributed by atoms with Crippen LogP contribution in [0, 0.1) is 5.82 Å². The molecule has 6 heteroatoms. The van der Waals surface area contributed by atoms with Gasteiger partial charge in [0.25, 0.3) is 5.91 Å². The van der Waals surface area contributed by atoms with E-state index in [4.69, 9.17) is 10.5 Å². The minimum absolute atomic E-state index is 0.230. The van der Waals surface area contributed by atoms with Crippen LogP contribution >= 0.6 is 0 Å². The topological polar surface area (TPSA) is 81.4 Å². The van der Waals surface area contributed by atoms with E-state index in [-0.39, 0.29) is 17.9 Å². The Morgan fingerprint density at radius 3 is 2.63 bits per heavy atom. The summed E-state index contributed by atoms with van der Waals surface area (Å²) in [6.07, 6.45) is 0.743. The number of benzene rings is 3. The van der Waals surface area contributed by atoms with E-state index in [0.717, 1.165) is 22.6 Å². The molecule has 2 amide bonds. The summed E-state index contributed by atoms with van der Waals surface area (Å²) in [4.78, 5) is 23.2. The van der Waals surface area contributed by atoms with Gasteiger partial charge in [0.05, 0.1) is 12.2 Å². The predicted molar refractivity (Wildman–Crippen MR) is 102 cm³/mol. The largest absolute Gasteiger partial charge is 0.493 e. The Labute approximate surface area is 155 Å². The summed E-state index contributed by atoms with van der Waals surface area (Å²) in [6.45, 7) is 0.386. The molecule has 0 unspecified atom stereocenters. The van der Waals surface area contributed by atoms with Gasteiger partial charge in [-0.25, -0.2) is 4.39 Å². The number of carbonyl (C=O) groups excluding carboxylic acids is 2. The summed E-state index contributed by atoms with van der Waals surface area (Å²) in [5.41, 5.74) is 5.17. The maximum absolute atomic E-state index is 13.4. The fourth-order valence-corrected chi connectivity index (χ4v) is 2.75. The molecule has 0 saturated carbocycles. The van der Waals surface area contributed by atoms with Gasteiger partial charge in [0.15, 0.2) is 0 Å². The highest BCUT2D eigenvalue weighted by Gasteiger charge is 2.10. The smallest absolute Gasteiger partial charge is 0.251 e. The Kier molecular flexibility index (Phi) is 5.66. The number of ether oxygens (including phenoxy) is 1. The Morgan fingerprint density at radius 1 is 1.04 bits per heavy atom. The molecule has 0 heterocycles. The molecule has 0 radical (unpaired) electrons. The van der Waals surface area contributed by atoms with Crippen LogP contribution in [-0.2, 0) is 4.79 Å². The van der Waals surface area contributed by atoms with Crippen LogP contribution in [0.2, 0.25) is 0 Å². The lowest BCUT2D eigenvalue weighted by Gasteiger charge is -2.10. The number of nitrogens with two attached hydrogens (primary N) is 1. The molecule has 3 aromatic carbocycles. The molecular formula is C21H19FN2O3. The lowest BCUT2D eigenvalue weighted by molar-refractivity contribution is -0.116. The molecule has 0 bridgehead atoms. The highest BCUT2D eigenvalue weighted by Crippen LogP contribution is 2.25. The zero-order chi connectivity index (χ0) is 19.2. The van der Waals surface area contributed by atoms with Crippen LogP contribution in [0.5, 0.6) is 5.75 Å². The number of amides is 2. The van der Waals surface area contributed by atoms with Gasteiger partial charge >= 0.3 is 0 Å². The number of anilines is 1. The highest BCUT2D eigenvalue weighted by atomic mass is 19.1. The molecule has 3 N–H and O–H groups in total. The quantitative estimate of drug-likeness (QED) is 0.623. The molecule has 0 aliphatic rings. The van der Waals surface area contributed by atoms with E-state index in [1.165, 1.54) is 12.1 Å². The molecular weight excluding hydrogens is 347 g/mol. The van der Waals surface area contributed by atoms with Gasteiger partial charge in [-0.1, -0.05) is 36.4 Å². The van der Waals surface area contributed by atoms with Gasteiger partial charge in [0, 0.05) is 17.5 Å². The Morgan fingerprint density at radius 2 is 1.81 bits per heavy atom. The summed E-state index contributed by atoms with van der Waals surface area (Å²) in [7, 11) is 0. The van der Waals surface area contributed by atoms with Crippen LogP contribution in [0.15, 0.2) is 60.7 Å². The number of carbonyl (C=O) groups is 2. The molecule has 0 fully saturated rings. The lowest BCUT2D eigenvalue weighted by atomic mass is 10.1. The third-order valence-electron chi connectivity index (χ3n) is 4.07. The molecule has 5 nitrogen and oxygen atoms in total. The van der Waals surface area contributed by atoms with Gasteiger partial charge in [-0.3, -0.25) is 9.59 Å². The van der Waals surface area contributed by atoms with E-state index in [0.29, 0.717) is 18.7 Å². The van der Waals surface area contributed by atoms with Crippen molar-refractivity contribution in [1.29, 1.82) is 0 Å². The summed E-state index contributed by atoms with van der Waals surface area (Å²) < 4.78 is 19.2. The van der Waals surface area contributed by atoms with Crippen LogP contribution in [-0.4, -0.2) is 18.4 Å². The second-order valence-electron chi connectivity index (χ2n) is 6.04. The maximum Gasteiger partial charge on any atom is 0.251 e. The minimum Gasteiger partial charge on any atom is -0.493 e. The fourth-order valence-electron chi connectivity index (χ4n) is 2.75. The molecule has 0 atom stereocenters. The van der Waals surface area contributed by atoms with Crippen molar-refractivity contribution in [3.63, 3.8) is 0 Å². The molecule has 138 valence electrons. The van der Waals surface area contributed by atoms with Crippen molar-refractivity contribution in [1.82, 2.24) is 0 Å². The molecule has 0 aromatic heterocycles. The second-order valence-corrected chi connectivity index (χ2v) is 6.04. The third kappa shape index (κ3) is 4.61. The molecule has 0 aliphatic carbocycles. The molecule has 3 rings (SSSR count). The molecule has 0 spiro atoms. The van der Waals surface area contributed by atoms with E-state index in [2.05, 4.69) is 5.32 Å². The summed E-state index contributed by atoms with van der Waals surface area (Å²) >= 11 is 0. The highest BCUT2D eigenvalue weighted by molar-refractivity contribution is 5.96. The number of hydrogen-bond acceptors (Lipinski definition) is 3. The van der Waals surface area contributed by atoms with Gasteiger partial charge < -0.3 is 15.8 Å². The van der Waals surface area contributed by atoms with E-state index in [1.807, 2.05) is 42.5 Å². The average molecular weight is 366 g/mol. The predicted octanol–water partition coefficient (Wildman–Crippen LogP) is 3.88. The van der Waals surface area contributed by atoms with E-state index in [9.17, 15) is 14.0 Å². The fraction of sp³-hybridized carbons (Fsp3) is 0.143. The molecule has 0 aliphatic heterocycles. The van der Waals surface area contributed by atoms with E-state index in [1.54, 1.807) is 0 Å². The Hall–Kier alpha value is -3.41. The number of rotatable bonds is 7. The normalized spacial score (nSPS) is 10.6. The zero-order valence-corrected chi connectivity index (χ0v) is 14.6. The third-order valence-corrected chi connectivity index (χ3v) is 4.07. The van der Waals surface area contributed by atoms with Gasteiger partial charge in [0.2, 0.25) is 5.91 Å². The first-order valence-electron chi connectivity index (χ1n) is 8.54. The lowest BCUT2D eigenvalue weighted by Crippen LogP contribution is -2.16. The van der Waals surface area contributed by atoms with Crippen LogP contribution < -0.4 is 15.8 Å². The second kappa shape index (κ2) is 8.31. The van der Waals surface area contributed by atoms with Crippen molar-refractivity contribution in [2.45, 2.75) is 12.8 Å². The van der Waals surface area contributed by atoms with Crippen molar-refractivity contribution in [2.75, 3.05) is 11.9 Å². The first-order chi connectivity index (χ1) is 13.0. The first-order valence-corrected chi connectivity index (χ1v) is 8.54. The van der Waals surface area contributed by atoms with Crippen LogP contribution in [0.25, 0.3) is 10.8 Å². The standard InChI is InChI=1S/C21H19FN2O3/c22-18-11-10-15(13-17(18)21(23)26)24-20(25)9-4-12-27-19-8-3-6-14-5-1-2-7-16(14)19/h1-3,5-8,10-11,13H,4,9,12H2,(H2,23,26)(H,24,25). The van der Waals surface area contributed by atoms with Gasteiger partial charge in [-0.05, 0) is 36.1 Å². The SMILES string of the molecule is NC(=O)c1cc(NC(=O)CCCOc2cccc3ccccc23)ccc1F. The molecule has 0 saturated heterocycles. The average Bonchev–Trinajstić information content (AvgIpc) is 2.66. The zero-order valence-electron chi connectivity index (χ0n) is 14.6. The maximum atomic E-state index is 13.4. The van der Waals surface area contributed by atoms with Crippen LogP contribution in [0.1, 0.15) is 23.2 Å². The summed E-state index contributed by atoms with van der Waals surface area (Å²) in [6, 6.07) is 17.5. The van der Waals surface area contributed by atoms with Crippen LogP contribution in [0.3, 0.4) is 0 Å². The summed E-state index contributed by atoms with van der Waals surface area (Å²) in [5, 5.41) is 4.74. The van der Waals surface area contributed by atoms with Crippen molar-refractivity contribution in [2.24, 2.45) is 5.73 Å².